The maximum atomic E-state index is 5.85. The van der Waals surface area contributed by atoms with Gasteiger partial charge < -0.3 is 24.1 Å². The molecular weight excluding hydrogens is 368 g/mol. The maximum Gasteiger partial charge on any atom is 0.216 e. The van der Waals surface area contributed by atoms with Gasteiger partial charge in [-0.15, -0.1) is 0 Å². The van der Waals surface area contributed by atoms with E-state index in [1.165, 1.54) is 0 Å². The van der Waals surface area contributed by atoms with Crippen LogP contribution in [0.1, 0.15) is 50.5 Å². The Morgan fingerprint density at radius 2 is 1.86 bits per heavy atom. The predicted octanol–water partition coefficient (Wildman–Crippen LogP) is 3.90. The van der Waals surface area contributed by atoms with Gasteiger partial charge in [0.05, 0.1) is 20.4 Å². The van der Waals surface area contributed by atoms with E-state index in [1.807, 2.05) is 26.1 Å². The van der Waals surface area contributed by atoms with Gasteiger partial charge in [0.2, 0.25) is 5.89 Å². The summed E-state index contributed by atoms with van der Waals surface area (Å²) in [5, 5.41) is 3.33. The monoisotopic (exact) mass is 402 g/mol. The molecule has 7 nitrogen and oxygen atoms in total. The van der Waals surface area contributed by atoms with Crippen LogP contribution in [0.5, 0.6) is 11.5 Å². The standard InChI is InChI=1S/C22H34N4O3/c1-9-23-21(25-13-20-24-12-19(29-20)22(3,4)5)26(6)14-16-11-18(28-8)17(27-7)10-15(16)2/h10-12H,9,13-14H2,1-8H3,(H,23,25). The third-order valence-corrected chi connectivity index (χ3v) is 4.60. The van der Waals surface area contributed by atoms with Crippen molar-refractivity contribution in [1.82, 2.24) is 15.2 Å². The van der Waals surface area contributed by atoms with Crippen LogP contribution in [0.3, 0.4) is 0 Å². The highest BCUT2D eigenvalue weighted by Crippen LogP contribution is 2.30. The van der Waals surface area contributed by atoms with Gasteiger partial charge >= 0.3 is 0 Å². The second kappa shape index (κ2) is 9.67. The number of aryl methyl sites for hydroxylation is 1. The number of ether oxygens (including phenoxy) is 2. The van der Waals surface area contributed by atoms with E-state index >= 15 is 0 Å². The Kier molecular flexibility index (Phi) is 7.53. The summed E-state index contributed by atoms with van der Waals surface area (Å²) in [6.45, 7) is 12.2. The third kappa shape index (κ3) is 5.89. The molecule has 1 N–H and O–H groups in total. The fraction of sp³-hybridized carbons (Fsp3) is 0.545. The van der Waals surface area contributed by atoms with Crippen molar-refractivity contribution in [2.45, 2.75) is 53.1 Å². The molecule has 7 heteroatoms. The summed E-state index contributed by atoms with van der Waals surface area (Å²) in [6, 6.07) is 4.00. The molecule has 0 saturated carbocycles. The molecule has 1 heterocycles. The van der Waals surface area contributed by atoms with E-state index in [2.05, 4.69) is 42.9 Å². The second-order valence-corrected chi connectivity index (χ2v) is 8.03. The van der Waals surface area contributed by atoms with Crippen molar-refractivity contribution in [3.63, 3.8) is 0 Å². The van der Waals surface area contributed by atoms with Crippen molar-refractivity contribution in [2.24, 2.45) is 4.99 Å². The smallest absolute Gasteiger partial charge is 0.216 e. The average Bonchev–Trinajstić information content (AvgIpc) is 3.15. The summed E-state index contributed by atoms with van der Waals surface area (Å²) in [6.07, 6.45) is 1.79. The number of hydrogen-bond acceptors (Lipinski definition) is 5. The number of methoxy groups -OCH3 is 2. The zero-order chi connectivity index (χ0) is 21.6. The topological polar surface area (TPSA) is 72.1 Å². The quantitative estimate of drug-likeness (QED) is 0.559. The molecule has 0 fully saturated rings. The minimum absolute atomic E-state index is 0.0683. The van der Waals surface area contributed by atoms with Gasteiger partial charge in [0.25, 0.3) is 0 Å². The molecule has 160 valence electrons. The average molecular weight is 403 g/mol. The first-order valence-corrected chi connectivity index (χ1v) is 9.85. The van der Waals surface area contributed by atoms with E-state index in [1.54, 1.807) is 20.4 Å². The second-order valence-electron chi connectivity index (χ2n) is 8.03. The van der Waals surface area contributed by atoms with E-state index in [0.717, 1.165) is 40.9 Å². The Morgan fingerprint density at radius 3 is 2.41 bits per heavy atom. The lowest BCUT2D eigenvalue weighted by atomic mass is 9.94. The Labute approximate surface area is 174 Å². The Morgan fingerprint density at radius 1 is 1.21 bits per heavy atom. The summed E-state index contributed by atoms with van der Waals surface area (Å²) in [7, 11) is 5.30. The third-order valence-electron chi connectivity index (χ3n) is 4.60. The maximum absolute atomic E-state index is 5.85. The van der Waals surface area contributed by atoms with Gasteiger partial charge in [-0.25, -0.2) is 9.98 Å². The van der Waals surface area contributed by atoms with Crippen molar-refractivity contribution in [2.75, 3.05) is 27.8 Å². The number of oxazole rings is 1. The van der Waals surface area contributed by atoms with Crippen LogP contribution in [0.4, 0.5) is 0 Å². The van der Waals surface area contributed by atoms with Gasteiger partial charge in [0, 0.05) is 25.6 Å². The van der Waals surface area contributed by atoms with Crippen molar-refractivity contribution >= 4 is 5.96 Å². The van der Waals surface area contributed by atoms with Gasteiger partial charge in [-0.1, -0.05) is 20.8 Å². The summed E-state index contributed by atoms with van der Waals surface area (Å²) < 4.78 is 16.7. The van der Waals surface area contributed by atoms with E-state index in [9.17, 15) is 0 Å². The number of hydrogen-bond donors (Lipinski definition) is 1. The highest BCUT2D eigenvalue weighted by Gasteiger charge is 2.19. The zero-order valence-electron chi connectivity index (χ0n) is 18.9. The minimum Gasteiger partial charge on any atom is -0.493 e. The zero-order valence-corrected chi connectivity index (χ0v) is 18.9. The molecule has 0 atom stereocenters. The van der Waals surface area contributed by atoms with Crippen LogP contribution in [0.2, 0.25) is 0 Å². The largest absolute Gasteiger partial charge is 0.493 e. The molecule has 1 aromatic carbocycles. The molecular formula is C22H34N4O3. The highest BCUT2D eigenvalue weighted by atomic mass is 16.5. The molecule has 0 unspecified atom stereocenters. The van der Waals surface area contributed by atoms with Crippen molar-refractivity contribution in [1.29, 1.82) is 0 Å². The number of guanidine groups is 1. The molecule has 2 aromatic rings. The van der Waals surface area contributed by atoms with Crippen LogP contribution in [0.15, 0.2) is 27.7 Å². The lowest BCUT2D eigenvalue weighted by molar-refractivity contribution is 0.353. The number of nitrogens with one attached hydrogen (secondary N) is 1. The Bertz CT molecular complexity index is 837. The molecule has 0 spiro atoms. The van der Waals surface area contributed by atoms with E-state index in [4.69, 9.17) is 18.9 Å². The minimum atomic E-state index is -0.0683. The number of nitrogens with zero attached hydrogens (tertiary/aromatic N) is 3. The van der Waals surface area contributed by atoms with Crippen LogP contribution < -0.4 is 14.8 Å². The molecule has 0 amide bonds. The van der Waals surface area contributed by atoms with Crippen molar-refractivity contribution in [3.8, 4) is 11.5 Å². The number of benzene rings is 1. The van der Waals surface area contributed by atoms with Gasteiger partial charge in [0.15, 0.2) is 17.5 Å². The Hall–Kier alpha value is -2.70. The number of aliphatic imine (C=N–C) groups is 1. The summed E-state index contributed by atoms with van der Waals surface area (Å²) in [4.78, 5) is 11.1. The fourth-order valence-corrected chi connectivity index (χ4v) is 2.87. The molecule has 0 aliphatic rings. The van der Waals surface area contributed by atoms with E-state index < -0.39 is 0 Å². The predicted molar refractivity (Wildman–Crippen MR) is 116 cm³/mol. The molecule has 2 rings (SSSR count). The Balaban J connectivity index is 2.18. The van der Waals surface area contributed by atoms with Gasteiger partial charge in [0.1, 0.15) is 12.3 Å². The van der Waals surface area contributed by atoms with Crippen LogP contribution >= 0.6 is 0 Å². The molecule has 0 radical (unpaired) electrons. The van der Waals surface area contributed by atoms with Crippen LogP contribution in [0.25, 0.3) is 0 Å². The first kappa shape index (κ1) is 22.6. The van der Waals surface area contributed by atoms with Crippen molar-refractivity contribution in [3.05, 3.63) is 41.1 Å². The molecule has 29 heavy (non-hydrogen) atoms. The van der Waals surface area contributed by atoms with Crippen LogP contribution in [-0.4, -0.2) is 43.7 Å². The molecule has 0 aliphatic heterocycles. The molecule has 0 aliphatic carbocycles. The lowest BCUT2D eigenvalue weighted by Gasteiger charge is -2.23. The summed E-state index contributed by atoms with van der Waals surface area (Å²) in [5.74, 6) is 3.72. The summed E-state index contributed by atoms with van der Waals surface area (Å²) >= 11 is 0. The highest BCUT2D eigenvalue weighted by molar-refractivity contribution is 5.79. The normalized spacial score (nSPS) is 12.1. The SMILES string of the molecule is CCNC(=NCc1ncc(C(C)(C)C)o1)N(C)Cc1cc(OC)c(OC)cc1C. The van der Waals surface area contributed by atoms with Crippen LogP contribution in [0, 0.1) is 6.92 Å². The lowest BCUT2D eigenvalue weighted by Crippen LogP contribution is -2.38. The van der Waals surface area contributed by atoms with Gasteiger partial charge in [-0.05, 0) is 37.1 Å². The first-order chi connectivity index (χ1) is 13.7. The molecule has 0 saturated heterocycles. The number of aromatic nitrogens is 1. The molecule has 1 aromatic heterocycles. The first-order valence-electron chi connectivity index (χ1n) is 9.85. The molecule has 0 bridgehead atoms. The van der Waals surface area contributed by atoms with E-state index in [-0.39, 0.29) is 5.41 Å². The van der Waals surface area contributed by atoms with Crippen molar-refractivity contribution < 1.29 is 13.9 Å². The van der Waals surface area contributed by atoms with E-state index in [0.29, 0.717) is 19.0 Å². The van der Waals surface area contributed by atoms with Gasteiger partial charge in [-0.3, -0.25) is 0 Å². The number of rotatable bonds is 7. The fourth-order valence-electron chi connectivity index (χ4n) is 2.87. The summed E-state index contributed by atoms with van der Waals surface area (Å²) in [5.41, 5.74) is 2.20. The van der Waals surface area contributed by atoms with Gasteiger partial charge in [-0.2, -0.15) is 0 Å². The van der Waals surface area contributed by atoms with Crippen LogP contribution in [-0.2, 0) is 18.5 Å².